The van der Waals surface area contributed by atoms with Crippen LogP contribution in [0.1, 0.15) is 19.8 Å². The van der Waals surface area contributed by atoms with Crippen LogP contribution < -0.4 is 0 Å². The number of unbranched alkanes of at least 4 members (excludes halogenated alkanes) is 1. The lowest BCUT2D eigenvalue weighted by atomic mass is 10.3. The molecule has 0 aromatic carbocycles. The third-order valence-corrected chi connectivity index (χ3v) is 2.29. The Hall–Kier alpha value is -1.45. The molecule has 15 heavy (non-hydrogen) atoms. The van der Waals surface area contributed by atoms with Gasteiger partial charge in [-0.25, -0.2) is 0 Å². The van der Waals surface area contributed by atoms with Gasteiger partial charge in [0.2, 0.25) is 6.67 Å². The Morgan fingerprint density at radius 3 is 2.87 bits per heavy atom. The van der Waals surface area contributed by atoms with E-state index in [1.54, 1.807) is 6.20 Å². The molecule has 0 saturated heterocycles. The van der Waals surface area contributed by atoms with Gasteiger partial charge in [-0.15, -0.1) is 0 Å². The SMILES string of the molecule is CCCCN1[C]N(Cn2cccn2)C=C1. The smallest absolute Gasteiger partial charge is 0.209 e. The molecule has 0 aliphatic carbocycles. The molecule has 0 spiro atoms. The van der Waals surface area contributed by atoms with Crippen molar-refractivity contribution < 1.29 is 0 Å². The molecule has 0 N–H and O–H groups in total. The first-order valence-electron chi connectivity index (χ1n) is 5.34. The van der Waals surface area contributed by atoms with Crippen LogP contribution in [0.25, 0.3) is 0 Å². The number of rotatable bonds is 5. The Kier molecular flexibility index (Phi) is 3.27. The van der Waals surface area contributed by atoms with Gasteiger partial charge in [-0.3, -0.25) is 4.68 Å². The van der Waals surface area contributed by atoms with Crippen molar-refractivity contribution in [1.29, 1.82) is 0 Å². The van der Waals surface area contributed by atoms with Crippen molar-refractivity contribution >= 4 is 0 Å². The second-order valence-electron chi connectivity index (χ2n) is 3.60. The normalized spacial score (nSPS) is 15.3. The molecular weight excluding hydrogens is 188 g/mol. The van der Waals surface area contributed by atoms with E-state index in [4.69, 9.17) is 0 Å². The van der Waals surface area contributed by atoms with Crippen LogP contribution in [0.2, 0.25) is 0 Å². The van der Waals surface area contributed by atoms with Crippen LogP contribution in [0, 0.1) is 6.67 Å². The third kappa shape index (κ3) is 2.75. The Labute approximate surface area is 90.8 Å². The predicted molar refractivity (Wildman–Crippen MR) is 58.1 cm³/mol. The molecule has 0 unspecified atom stereocenters. The fraction of sp³-hybridized carbons (Fsp3) is 0.455. The van der Waals surface area contributed by atoms with Gasteiger partial charge in [-0.05, 0) is 12.5 Å². The molecule has 4 heteroatoms. The summed E-state index contributed by atoms with van der Waals surface area (Å²) < 4.78 is 1.88. The molecule has 80 valence electrons. The summed E-state index contributed by atoms with van der Waals surface area (Å²) >= 11 is 0. The first-order chi connectivity index (χ1) is 7.38. The van der Waals surface area contributed by atoms with E-state index < -0.39 is 0 Å². The minimum Gasteiger partial charge on any atom is -0.346 e. The highest BCUT2D eigenvalue weighted by Gasteiger charge is 2.13. The average molecular weight is 204 g/mol. The van der Waals surface area contributed by atoms with Crippen LogP contribution in [0.15, 0.2) is 30.9 Å². The maximum Gasteiger partial charge on any atom is 0.209 e. The Morgan fingerprint density at radius 1 is 1.27 bits per heavy atom. The number of aromatic nitrogens is 2. The summed E-state index contributed by atoms with van der Waals surface area (Å²) in [6, 6.07) is 1.93. The van der Waals surface area contributed by atoms with E-state index in [-0.39, 0.29) is 0 Å². The van der Waals surface area contributed by atoms with Crippen LogP contribution in [0.4, 0.5) is 0 Å². The van der Waals surface area contributed by atoms with E-state index in [2.05, 4.69) is 29.8 Å². The van der Waals surface area contributed by atoms with Gasteiger partial charge in [0.25, 0.3) is 0 Å². The molecule has 0 bridgehead atoms. The zero-order chi connectivity index (χ0) is 10.5. The summed E-state index contributed by atoms with van der Waals surface area (Å²) in [7, 11) is 0. The molecule has 1 aromatic rings. The van der Waals surface area contributed by atoms with Gasteiger partial charge in [0.15, 0.2) is 0 Å². The molecule has 2 rings (SSSR count). The van der Waals surface area contributed by atoms with E-state index in [0.717, 1.165) is 13.2 Å². The highest BCUT2D eigenvalue weighted by atomic mass is 15.4. The highest BCUT2D eigenvalue weighted by Crippen LogP contribution is 2.12. The van der Waals surface area contributed by atoms with E-state index >= 15 is 0 Å². The van der Waals surface area contributed by atoms with E-state index in [0.29, 0.717) is 0 Å². The van der Waals surface area contributed by atoms with E-state index in [1.165, 1.54) is 12.8 Å². The molecule has 0 fully saturated rings. The lowest BCUT2D eigenvalue weighted by Crippen LogP contribution is -2.22. The van der Waals surface area contributed by atoms with Gasteiger partial charge in [0.1, 0.15) is 6.67 Å². The van der Waals surface area contributed by atoms with E-state index in [1.807, 2.05) is 28.0 Å². The van der Waals surface area contributed by atoms with Crippen molar-refractivity contribution in [2.45, 2.75) is 26.4 Å². The fourth-order valence-corrected chi connectivity index (χ4v) is 1.46. The van der Waals surface area contributed by atoms with Crippen molar-refractivity contribution in [3.05, 3.63) is 37.5 Å². The van der Waals surface area contributed by atoms with Gasteiger partial charge in [0.05, 0.1) is 0 Å². The number of nitrogens with zero attached hydrogens (tertiary/aromatic N) is 4. The Bertz CT molecular complexity index is 304. The molecule has 2 radical (unpaired) electrons. The summed E-state index contributed by atoms with van der Waals surface area (Å²) in [6.07, 6.45) is 10.2. The zero-order valence-corrected chi connectivity index (χ0v) is 9.00. The summed E-state index contributed by atoms with van der Waals surface area (Å²) in [5.74, 6) is 0. The molecule has 1 aliphatic rings. The molecule has 0 amide bonds. The molecular formula is C11H16N4. The van der Waals surface area contributed by atoms with Crippen molar-refractivity contribution in [2.75, 3.05) is 6.54 Å². The largest absolute Gasteiger partial charge is 0.346 e. The molecule has 0 atom stereocenters. The molecule has 4 nitrogen and oxygen atoms in total. The first kappa shape index (κ1) is 10.1. The van der Waals surface area contributed by atoms with E-state index in [9.17, 15) is 0 Å². The number of hydrogen-bond donors (Lipinski definition) is 0. The van der Waals surface area contributed by atoms with Crippen molar-refractivity contribution in [3.8, 4) is 0 Å². The van der Waals surface area contributed by atoms with Crippen molar-refractivity contribution in [2.24, 2.45) is 0 Å². The first-order valence-corrected chi connectivity index (χ1v) is 5.34. The molecule has 2 heterocycles. The molecule has 1 aromatic heterocycles. The minimum absolute atomic E-state index is 0.728. The van der Waals surface area contributed by atoms with Crippen LogP contribution in [0.3, 0.4) is 0 Å². The van der Waals surface area contributed by atoms with Crippen LogP contribution >= 0.6 is 0 Å². The minimum atomic E-state index is 0.728. The fourth-order valence-electron chi connectivity index (χ4n) is 1.46. The standard InChI is InChI=1S/C11H16N4/c1-2-3-6-13-8-9-14(10-13)11-15-7-4-5-12-15/h4-5,7-9H,2-3,6,11H2,1H3. The predicted octanol–water partition coefficient (Wildman–Crippen LogP) is 1.73. The average Bonchev–Trinajstić information content (AvgIpc) is 2.87. The molecule has 0 saturated carbocycles. The van der Waals surface area contributed by atoms with Gasteiger partial charge in [-0.1, -0.05) is 13.3 Å². The Balaban J connectivity index is 1.76. The summed E-state index contributed by atoms with van der Waals surface area (Å²) in [4.78, 5) is 4.09. The van der Waals surface area contributed by atoms with Crippen LogP contribution in [0.5, 0.6) is 0 Å². The lowest BCUT2D eigenvalue weighted by Gasteiger charge is -2.18. The quantitative estimate of drug-likeness (QED) is 0.730. The number of hydrogen-bond acceptors (Lipinski definition) is 3. The third-order valence-electron chi connectivity index (χ3n) is 2.29. The second-order valence-corrected chi connectivity index (χ2v) is 3.60. The van der Waals surface area contributed by atoms with Crippen molar-refractivity contribution in [3.63, 3.8) is 0 Å². The van der Waals surface area contributed by atoms with Crippen LogP contribution in [-0.2, 0) is 6.67 Å². The topological polar surface area (TPSA) is 24.3 Å². The van der Waals surface area contributed by atoms with Gasteiger partial charge in [0, 0.05) is 31.3 Å². The van der Waals surface area contributed by atoms with Gasteiger partial charge >= 0.3 is 0 Å². The molecule has 1 aliphatic heterocycles. The van der Waals surface area contributed by atoms with Gasteiger partial charge in [-0.2, -0.15) is 5.10 Å². The zero-order valence-electron chi connectivity index (χ0n) is 9.00. The second kappa shape index (κ2) is 4.87. The summed E-state index contributed by atoms with van der Waals surface area (Å²) in [5, 5.41) is 4.15. The maximum absolute atomic E-state index is 4.15. The van der Waals surface area contributed by atoms with Crippen molar-refractivity contribution in [1.82, 2.24) is 19.6 Å². The highest BCUT2D eigenvalue weighted by molar-refractivity contribution is 4.96. The lowest BCUT2D eigenvalue weighted by molar-refractivity contribution is 0.284. The monoisotopic (exact) mass is 204 g/mol. The van der Waals surface area contributed by atoms with Crippen LogP contribution in [-0.4, -0.2) is 26.1 Å². The Morgan fingerprint density at radius 2 is 2.13 bits per heavy atom. The summed E-state index contributed by atoms with van der Waals surface area (Å²) in [6.45, 7) is 7.23. The summed E-state index contributed by atoms with van der Waals surface area (Å²) in [5.41, 5.74) is 0. The van der Waals surface area contributed by atoms with Gasteiger partial charge < -0.3 is 9.80 Å². The maximum atomic E-state index is 4.15.